The summed E-state index contributed by atoms with van der Waals surface area (Å²) in [6.45, 7) is 2.03. The Balaban J connectivity index is 2.26. The molecule has 0 aliphatic rings. The van der Waals surface area contributed by atoms with E-state index in [1.54, 1.807) is 0 Å². The molecule has 0 aliphatic carbocycles. The highest BCUT2D eigenvalue weighted by Crippen LogP contribution is 2.28. The number of halogens is 3. The first-order valence-electron chi connectivity index (χ1n) is 6.23. The Bertz CT molecular complexity index is 603. The molecule has 1 aromatic carbocycles. The summed E-state index contributed by atoms with van der Waals surface area (Å²) in [4.78, 5) is 0.797. The largest absolute Gasteiger partial charge is 0.323 e. The van der Waals surface area contributed by atoms with Crippen LogP contribution in [0, 0.1) is 11.6 Å². The van der Waals surface area contributed by atoms with Gasteiger partial charge in [-0.15, -0.1) is 5.10 Å². The Hall–Kier alpha value is -0.920. The van der Waals surface area contributed by atoms with Crippen LogP contribution in [0.15, 0.2) is 16.6 Å². The Labute approximate surface area is 128 Å². The third kappa shape index (κ3) is 3.21. The fourth-order valence-corrected chi connectivity index (χ4v) is 3.04. The molecule has 0 bridgehead atoms. The monoisotopic (exact) mass is 361 g/mol. The van der Waals surface area contributed by atoms with Gasteiger partial charge in [0.1, 0.15) is 11.6 Å². The minimum atomic E-state index is -0.602. The van der Waals surface area contributed by atoms with Crippen LogP contribution in [0.3, 0.4) is 0 Å². The normalized spacial score (nSPS) is 12.7. The van der Waals surface area contributed by atoms with E-state index in [0.29, 0.717) is 0 Å². The van der Waals surface area contributed by atoms with E-state index in [1.807, 2.05) is 6.92 Å². The van der Waals surface area contributed by atoms with Crippen molar-refractivity contribution in [2.45, 2.75) is 32.2 Å². The number of hydrogen-bond donors (Lipinski definition) is 1. The zero-order valence-electron chi connectivity index (χ0n) is 10.9. The summed E-state index contributed by atoms with van der Waals surface area (Å²) in [5.41, 5.74) is 6.88. The Morgan fingerprint density at radius 3 is 2.85 bits per heavy atom. The van der Waals surface area contributed by atoms with Gasteiger partial charge in [-0.25, -0.2) is 8.78 Å². The maximum absolute atomic E-state index is 13.9. The molecule has 0 saturated heterocycles. The van der Waals surface area contributed by atoms with Gasteiger partial charge in [-0.05, 0) is 52.4 Å². The van der Waals surface area contributed by atoms with Crippen LogP contribution in [0.2, 0.25) is 0 Å². The topological polar surface area (TPSA) is 51.8 Å². The zero-order chi connectivity index (χ0) is 14.7. The van der Waals surface area contributed by atoms with Crippen LogP contribution in [0.1, 0.15) is 35.5 Å². The van der Waals surface area contributed by atoms with Crippen LogP contribution in [-0.2, 0) is 12.8 Å². The van der Waals surface area contributed by atoms with Crippen LogP contribution < -0.4 is 5.73 Å². The van der Waals surface area contributed by atoms with Crippen LogP contribution in [0.25, 0.3) is 0 Å². The highest BCUT2D eigenvalue weighted by Gasteiger charge is 2.20. The van der Waals surface area contributed by atoms with E-state index in [1.165, 1.54) is 23.7 Å². The molecule has 1 aromatic heterocycles. The van der Waals surface area contributed by atoms with E-state index in [4.69, 9.17) is 5.73 Å². The van der Waals surface area contributed by atoms with E-state index < -0.39 is 17.7 Å². The lowest BCUT2D eigenvalue weighted by Gasteiger charge is -2.12. The molecule has 108 valence electrons. The lowest BCUT2D eigenvalue weighted by molar-refractivity contribution is 0.536. The molecule has 0 saturated carbocycles. The number of hydrogen-bond acceptors (Lipinski definition) is 4. The van der Waals surface area contributed by atoms with Gasteiger partial charge in [0.15, 0.2) is 0 Å². The smallest absolute Gasteiger partial charge is 0.143 e. The lowest BCUT2D eigenvalue weighted by atomic mass is 10.0. The van der Waals surface area contributed by atoms with Crippen LogP contribution in [-0.4, -0.2) is 9.59 Å². The maximum atomic E-state index is 13.9. The number of benzene rings is 1. The zero-order valence-corrected chi connectivity index (χ0v) is 13.3. The third-order valence-electron chi connectivity index (χ3n) is 2.97. The second kappa shape index (κ2) is 6.69. The van der Waals surface area contributed by atoms with Gasteiger partial charge in [-0.3, -0.25) is 0 Å². The molecule has 7 heteroatoms. The van der Waals surface area contributed by atoms with Crippen LogP contribution in [0.4, 0.5) is 8.78 Å². The second-order valence-corrected chi connectivity index (χ2v) is 6.11. The van der Waals surface area contributed by atoms with Crippen molar-refractivity contribution in [3.63, 3.8) is 0 Å². The van der Waals surface area contributed by atoms with Gasteiger partial charge in [0.05, 0.1) is 15.0 Å². The van der Waals surface area contributed by atoms with Gasteiger partial charge >= 0.3 is 0 Å². The molecule has 2 aromatic rings. The molecular formula is C13H14BrF2N3S. The molecule has 1 heterocycles. The van der Waals surface area contributed by atoms with E-state index in [2.05, 4.69) is 25.5 Å². The first-order valence-corrected chi connectivity index (χ1v) is 7.80. The molecule has 2 rings (SSSR count). The van der Waals surface area contributed by atoms with E-state index >= 15 is 0 Å². The summed E-state index contributed by atoms with van der Waals surface area (Å²) in [6.07, 6.45) is 1.77. The SMILES string of the molecule is CCCc1nnsc1C(N)Cc1c(F)ccc(Br)c1F. The third-order valence-corrected chi connectivity index (χ3v) is 4.48. The van der Waals surface area contributed by atoms with Gasteiger partial charge in [-0.2, -0.15) is 0 Å². The minimum absolute atomic E-state index is 0.0114. The minimum Gasteiger partial charge on any atom is -0.323 e. The summed E-state index contributed by atoms with van der Waals surface area (Å²) in [6, 6.07) is 2.07. The van der Waals surface area contributed by atoms with E-state index in [9.17, 15) is 8.78 Å². The number of rotatable bonds is 5. The molecular weight excluding hydrogens is 348 g/mol. The van der Waals surface area contributed by atoms with Gasteiger partial charge < -0.3 is 5.73 Å². The quantitative estimate of drug-likeness (QED) is 0.824. The van der Waals surface area contributed by atoms with Crippen molar-refractivity contribution in [3.8, 4) is 0 Å². The molecule has 1 unspecified atom stereocenters. The molecule has 0 radical (unpaired) electrons. The molecule has 2 N–H and O–H groups in total. The molecule has 3 nitrogen and oxygen atoms in total. The summed E-state index contributed by atoms with van der Waals surface area (Å²) >= 11 is 4.24. The Kier molecular flexibility index (Phi) is 5.17. The second-order valence-electron chi connectivity index (χ2n) is 4.47. The Morgan fingerprint density at radius 1 is 1.40 bits per heavy atom. The summed E-state index contributed by atoms with van der Waals surface area (Å²) in [5, 5.41) is 4.02. The Morgan fingerprint density at radius 2 is 2.15 bits per heavy atom. The van der Waals surface area contributed by atoms with Crippen molar-refractivity contribution >= 4 is 27.5 Å². The number of aryl methyl sites for hydroxylation is 1. The standard InChI is InChI=1S/C13H14BrF2N3S/c1-2-3-11-13(20-19-18-11)10(17)6-7-9(15)5-4-8(14)12(7)16/h4-5,10H,2-3,6,17H2,1H3. The van der Waals surface area contributed by atoms with E-state index in [0.717, 1.165) is 23.4 Å². The van der Waals surface area contributed by atoms with Crippen LogP contribution in [0.5, 0.6) is 0 Å². The number of nitrogens with two attached hydrogens (primary N) is 1. The highest BCUT2D eigenvalue weighted by atomic mass is 79.9. The van der Waals surface area contributed by atoms with Gasteiger partial charge in [0, 0.05) is 11.6 Å². The molecule has 1 atom stereocenters. The predicted molar refractivity (Wildman–Crippen MR) is 78.6 cm³/mol. The highest BCUT2D eigenvalue weighted by molar-refractivity contribution is 9.10. The van der Waals surface area contributed by atoms with Crippen LogP contribution >= 0.6 is 27.5 Å². The molecule has 0 spiro atoms. The van der Waals surface area contributed by atoms with Crippen molar-refractivity contribution in [2.75, 3.05) is 0 Å². The molecule has 0 aliphatic heterocycles. The van der Waals surface area contributed by atoms with Crippen molar-refractivity contribution in [1.29, 1.82) is 0 Å². The van der Waals surface area contributed by atoms with Crippen molar-refractivity contribution in [1.82, 2.24) is 9.59 Å². The lowest BCUT2D eigenvalue weighted by Crippen LogP contribution is -2.16. The molecule has 20 heavy (non-hydrogen) atoms. The molecule has 0 fully saturated rings. The van der Waals surface area contributed by atoms with Crippen molar-refractivity contribution in [3.05, 3.63) is 44.4 Å². The molecule has 0 amide bonds. The average Bonchev–Trinajstić information content (AvgIpc) is 2.88. The summed E-state index contributed by atoms with van der Waals surface area (Å²) < 4.78 is 31.8. The first-order chi connectivity index (χ1) is 9.54. The summed E-state index contributed by atoms with van der Waals surface area (Å²) in [5.74, 6) is -1.19. The summed E-state index contributed by atoms with van der Waals surface area (Å²) in [7, 11) is 0. The van der Waals surface area contributed by atoms with Crippen molar-refractivity contribution < 1.29 is 8.78 Å². The van der Waals surface area contributed by atoms with Crippen molar-refractivity contribution in [2.24, 2.45) is 5.73 Å². The average molecular weight is 362 g/mol. The fourth-order valence-electron chi connectivity index (χ4n) is 1.98. The number of nitrogens with zero attached hydrogens (tertiary/aromatic N) is 2. The van der Waals surface area contributed by atoms with E-state index in [-0.39, 0.29) is 16.5 Å². The van der Waals surface area contributed by atoms with Gasteiger partial charge in [0.25, 0.3) is 0 Å². The maximum Gasteiger partial charge on any atom is 0.143 e. The van der Waals surface area contributed by atoms with Gasteiger partial charge in [-0.1, -0.05) is 17.8 Å². The van der Waals surface area contributed by atoms with Gasteiger partial charge in [0.2, 0.25) is 0 Å². The fraction of sp³-hybridized carbons (Fsp3) is 0.385. The predicted octanol–water partition coefficient (Wildman–Crippen LogP) is 3.77. The first kappa shape index (κ1) is 15.5. The number of aromatic nitrogens is 2.